The molecule has 3 aromatic carbocycles. The number of nitrogens with one attached hydrogen (secondary N) is 1. The fourth-order valence-corrected chi connectivity index (χ4v) is 4.09. The number of para-hydroxylation sites is 2. The first-order valence-electron chi connectivity index (χ1n) is 10.5. The maximum Gasteiger partial charge on any atom is 0.240 e. The van der Waals surface area contributed by atoms with Crippen LogP contribution in [0.4, 0.5) is 0 Å². The number of rotatable bonds is 6. The van der Waals surface area contributed by atoms with Gasteiger partial charge >= 0.3 is 0 Å². The van der Waals surface area contributed by atoms with Gasteiger partial charge in [0.05, 0.1) is 17.6 Å². The summed E-state index contributed by atoms with van der Waals surface area (Å²) in [5, 5.41) is 8.54. The van der Waals surface area contributed by atoms with Gasteiger partial charge in [-0.2, -0.15) is 5.10 Å². The van der Waals surface area contributed by atoms with Gasteiger partial charge in [0.2, 0.25) is 5.91 Å². The summed E-state index contributed by atoms with van der Waals surface area (Å²) in [7, 11) is 0. The van der Waals surface area contributed by atoms with E-state index in [0.29, 0.717) is 23.9 Å². The van der Waals surface area contributed by atoms with E-state index >= 15 is 0 Å². The largest absolute Gasteiger partial charge is 0.350 e. The Labute approximate surface area is 184 Å². The van der Waals surface area contributed by atoms with E-state index in [-0.39, 0.29) is 17.9 Å². The monoisotopic (exact) mass is 422 g/mol. The Balaban J connectivity index is 1.41. The summed E-state index contributed by atoms with van der Waals surface area (Å²) in [6.45, 7) is 1.20. The van der Waals surface area contributed by atoms with E-state index in [9.17, 15) is 9.59 Å². The maximum atomic E-state index is 13.0. The van der Waals surface area contributed by atoms with Gasteiger partial charge in [0.1, 0.15) is 6.54 Å². The zero-order valence-electron chi connectivity index (χ0n) is 17.4. The van der Waals surface area contributed by atoms with E-state index in [1.807, 2.05) is 94.3 Å². The standard InChI is InChI=1S/C26H22N4O2/c31-25(27-16-19-8-1-2-9-20(19)17-29-15-7-14-28-29)18-30-23-12-5-3-10-21(23)26(32)22-11-4-6-13-24(22)30/h1-15H,16-18H2,(H,27,31). The molecule has 0 saturated heterocycles. The van der Waals surface area contributed by atoms with Crippen molar-refractivity contribution in [3.63, 3.8) is 0 Å². The number of hydrogen-bond acceptors (Lipinski definition) is 3. The van der Waals surface area contributed by atoms with Gasteiger partial charge in [0.15, 0.2) is 5.43 Å². The minimum atomic E-state index is -0.113. The first kappa shape index (κ1) is 19.8. The fraction of sp³-hybridized carbons (Fsp3) is 0.115. The third kappa shape index (κ3) is 3.78. The van der Waals surface area contributed by atoms with Crippen molar-refractivity contribution in [3.8, 4) is 0 Å². The van der Waals surface area contributed by atoms with E-state index in [1.165, 1.54) is 0 Å². The molecule has 0 spiro atoms. The van der Waals surface area contributed by atoms with Crippen LogP contribution in [0.1, 0.15) is 11.1 Å². The van der Waals surface area contributed by atoms with E-state index in [4.69, 9.17) is 0 Å². The third-order valence-corrected chi connectivity index (χ3v) is 5.67. The summed E-state index contributed by atoms with van der Waals surface area (Å²) in [5.74, 6) is -0.113. The van der Waals surface area contributed by atoms with Crippen LogP contribution in [0.3, 0.4) is 0 Å². The van der Waals surface area contributed by atoms with Crippen LogP contribution in [0.5, 0.6) is 0 Å². The molecule has 0 unspecified atom stereocenters. The van der Waals surface area contributed by atoms with Crippen LogP contribution in [0.2, 0.25) is 0 Å². The molecule has 0 fully saturated rings. The first-order chi connectivity index (χ1) is 15.7. The molecule has 5 aromatic rings. The Hall–Kier alpha value is -4.19. The quantitative estimate of drug-likeness (QED) is 0.424. The topological polar surface area (TPSA) is 68.9 Å². The van der Waals surface area contributed by atoms with Crippen LogP contribution in [0.25, 0.3) is 21.8 Å². The number of hydrogen-bond donors (Lipinski definition) is 1. The Kier molecular flexibility index (Phi) is 5.25. The maximum absolute atomic E-state index is 13.0. The summed E-state index contributed by atoms with van der Waals surface area (Å²) in [4.78, 5) is 25.8. The van der Waals surface area contributed by atoms with Crippen LogP contribution < -0.4 is 10.7 Å². The van der Waals surface area contributed by atoms with E-state index in [2.05, 4.69) is 10.4 Å². The second-order valence-corrected chi connectivity index (χ2v) is 7.70. The minimum absolute atomic E-state index is 0.0135. The number of aromatic nitrogens is 3. The van der Waals surface area contributed by atoms with Gasteiger partial charge in [-0.15, -0.1) is 0 Å². The van der Waals surface area contributed by atoms with Gasteiger partial charge in [0.25, 0.3) is 0 Å². The fourth-order valence-electron chi connectivity index (χ4n) is 4.09. The van der Waals surface area contributed by atoms with Crippen LogP contribution >= 0.6 is 0 Å². The Morgan fingerprint density at radius 1 is 0.812 bits per heavy atom. The van der Waals surface area contributed by atoms with Crippen molar-refractivity contribution in [2.75, 3.05) is 0 Å². The van der Waals surface area contributed by atoms with Crippen LogP contribution in [0.15, 0.2) is 96.1 Å². The van der Waals surface area contributed by atoms with Gasteiger partial charge in [-0.05, 0) is 41.5 Å². The number of nitrogens with zero attached hydrogens (tertiary/aromatic N) is 3. The number of carbonyl (C=O) groups excluding carboxylic acids is 1. The van der Waals surface area contributed by atoms with E-state index in [0.717, 1.165) is 22.2 Å². The molecule has 6 nitrogen and oxygen atoms in total. The number of fused-ring (bicyclic) bond motifs is 2. The molecule has 0 bridgehead atoms. The summed E-state index contributed by atoms with van der Waals surface area (Å²) in [6, 6.07) is 24.8. The molecule has 2 aromatic heterocycles. The smallest absolute Gasteiger partial charge is 0.240 e. The molecule has 1 amide bonds. The lowest BCUT2D eigenvalue weighted by Gasteiger charge is -2.16. The summed E-state index contributed by atoms with van der Waals surface area (Å²) in [6.07, 6.45) is 3.67. The molecule has 0 aliphatic carbocycles. The highest BCUT2D eigenvalue weighted by Gasteiger charge is 2.13. The molecular weight excluding hydrogens is 400 g/mol. The summed E-state index contributed by atoms with van der Waals surface area (Å²) in [5.41, 5.74) is 3.65. The third-order valence-electron chi connectivity index (χ3n) is 5.67. The SMILES string of the molecule is O=C(Cn1c2ccccc2c(=O)c2ccccc21)NCc1ccccc1Cn1cccn1. The van der Waals surface area contributed by atoms with Gasteiger partial charge in [-0.25, -0.2) is 0 Å². The summed E-state index contributed by atoms with van der Waals surface area (Å²) >= 11 is 0. The van der Waals surface area contributed by atoms with Crippen molar-refractivity contribution in [3.05, 3.63) is 113 Å². The van der Waals surface area contributed by atoms with Crippen molar-refractivity contribution in [2.45, 2.75) is 19.6 Å². The average Bonchev–Trinajstić information content (AvgIpc) is 3.34. The predicted octanol–water partition coefficient (Wildman–Crippen LogP) is 3.72. The van der Waals surface area contributed by atoms with Crippen molar-refractivity contribution in [1.82, 2.24) is 19.7 Å². The van der Waals surface area contributed by atoms with Crippen molar-refractivity contribution < 1.29 is 4.79 Å². The van der Waals surface area contributed by atoms with Gasteiger partial charge in [-0.3, -0.25) is 14.3 Å². The minimum Gasteiger partial charge on any atom is -0.350 e. The second-order valence-electron chi connectivity index (χ2n) is 7.70. The molecule has 5 rings (SSSR count). The molecule has 0 aliphatic heterocycles. The highest BCUT2D eigenvalue weighted by Crippen LogP contribution is 2.19. The van der Waals surface area contributed by atoms with Crippen LogP contribution in [-0.4, -0.2) is 20.3 Å². The number of benzene rings is 3. The molecule has 0 aliphatic rings. The molecule has 0 saturated carbocycles. The highest BCUT2D eigenvalue weighted by molar-refractivity contribution is 5.94. The second kappa shape index (κ2) is 8.51. The zero-order valence-corrected chi connectivity index (χ0v) is 17.4. The lowest BCUT2D eigenvalue weighted by atomic mass is 10.1. The Morgan fingerprint density at radius 2 is 1.44 bits per heavy atom. The molecule has 2 heterocycles. The van der Waals surface area contributed by atoms with Crippen molar-refractivity contribution in [2.24, 2.45) is 0 Å². The van der Waals surface area contributed by atoms with Gasteiger partial charge in [-0.1, -0.05) is 48.5 Å². The first-order valence-corrected chi connectivity index (χ1v) is 10.5. The lowest BCUT2D eigenvalue weighted by molar-refractivity contribution is -0.121. The van der Waals surface area contributed by atoms with Gasteiger partial charge < -0.3 is 9.88 Å². The molecule has 6 heteroatoms. The van der Waals surface area contributed by atoms with Gasteiger partial charge in [0, 0.05) is 29.7 Å². The number of carbonyl (C=O) groups is 1. The zero-order chi connectivity index (χ0) is 21.9. The highest BCUT2D eigenvalue weighted by atomic mass is 16.2. The molecule has 0 radical (unpaired) electrons. The van der Waals surface area contributed by atoms with Crippen molar-refractivity contribution >= 4 is 27.7 Å². The Bertz CT molecular complexity index is 1410. The van der Waals surface area contributed by atoms with Crippen LogP contribution in [-0.2, 0) is 24.4 Å². The molecular formula is C26H22N4O2. The predicted molar refractivity (Wildman–Crippen MR) is 125 cm³/mol. The number of pyridine rings is 1. The molecule has 1 N–H and O–H groups in total. The normalized spacial score (nSPS) is 11.1. The summed E-state index contributed by atoms with van der Waals surface area (Å²) < 4.78 is 3.77. The molecule has 158 valence electrons. The molecule has 32 heavy (non-hydrogen) atoms. The van der Waals surface area contributed by atoms with E-state index in [1.54, 1.807) is 6.20 Å². The average molecular weight is 422 g/mol. The van der Waals surface area contributed by atoms with E-state index < -0.39 is 0 Å². The lowest BCUT2D eigenvalue weighted by Crippen LogP contribution is -2.28. The van der Waals surface area contributed by atoms with Crippen LogP contribution in [0, 0.1) is 0 Å². The Morgan fingerprint density at radius 3 is 2.09 bits per heavy atom. The number of amides is 1. The molecule has 0 atom stereocenters. The van der Waals surface area contributed by atoms with Crippen molar-refractivity contribution in [1.29, 1.82) is 0 Å².